The molecule has 0 spiro atoms. The van der Waals surface area contributed by atoms with Gasteiger partial charge in [0, 0.05) is 0 Å². The predicted molar refractivity (Wildman–Crippen MR) is 46.0 cm³/mol. The van der Waals surface area contributed by atoms with E-state index in [1.165, 1.54) is 0 Å². The zero-order valence-corrected chi connectivity index (χ0v) is 8.29. The first-order valence-corrected chi connectivity index (χ1v) is 4.36. The standard InChI is InChI=1S/C9H2F5N3O/c10-4-3(9(18)17-2-15-1-16-17)5(11)7(13)8(14)6(4)12/h1-2H. The van der Waals surface area contributed by atoms with Gasteiger partial charge in [-0.3, -0.25) is 4.79 Å². The van der Waals surface area contributed by atoms with E-state index in [-0.39, 0.29) is 0 Å². The van der Waals surface area contributed by atoms with Gasteiger partial charge in [0.25, 0.3) is 5.91 Å². The van der Waals surface area contributed by atoms with Gasteiger partial charge in [-0.05, 0) is 0 Å². The topological polar surface area (TPSA) is 47.8 Å². The van der Waals surface area contributed by atoms with Crippen molar-refractivity contribution < 1.29 is 26.7 Å². The third kappa shape index (κ3) is 1.63. The van der Waals surface area contributed by atoms with Crippen molar-refractivity contribution in [1.29, 1.82) is 0 Å². The molecule has 0 radical (unpaired) electrons. The molecule has 1 aromatic heterocycles. The van der Waals surface area contributed by atoms with E-state index in [1.807, 2.05) is 0 Å². The van der Waals surface area contributed by atoms with Crippen LogP contribution in [0, 0.1) is 29.1 Å². The number of hydrogen-bond acceptors (Lipinski definition) is 3. The lowest BCUT2D eigenvalue weighted by atomic mass is 10.1. The highest BCUT2D eigenvalue weighted by Crippen LogP contribution is 2.23. The van der Waals surface area contributed by atoms with Gasteiger partial charge in [0.1, 0.15) is 18.2 Å². The fourth-order valence-electron chi connectivity index (χ4n) is 1.22. The van der Waals surface area contributed by atoms with Crippen molar-refractivity contribution in [2.45, 2.75) is 0 Å². The summed E-state index contributed by atoms with van der Waals surface area (Å²) in [6.07, 6.45) is 1.63. The lowest BCUT2D eigenvalue weighted by Gasteiger charge is -2.06. The first-order valence-electron chi connectivity index (χ1n) is 4.36. The van der Waals surface area contributed by atoms with E-state index in [0.29, 0.717) is 4.68 Å². The Morgan fingerprint density at radius 3 is 1.89 bits per heavy atom. The van der Waals surface area contributed by atoms with E-state index in [9.17, 15) is 26.7 Å². The van der Waals surface area contributed by atoms with Crippen molar-refractivity contribution in [1.82, 2.24) is 14.8 Å². The SMILES string of the molecule is O=C(c1c(F)c(F)c(F)c(F)c1F)n1cncn1. The summed E-state index contributed by atoms with van der Waals surface area (Å²) in [5, 5.41) is 3.24. The molecule has 2 rings (SSSR count). The zero-order chi connectivity index (χ0) is 13.4. The molecule has 0 bridgehead atoms. The smallest absolute Gasteiger partial charge is 0.266 e. The maximum absolute atomic E-state index is 13.2. The van der Waals surface area contributed by atoms with Gasteiger partial charge in [-0.25, -0.2) is 26.9 Å². The monoisotopic (exact) mass is 263 g/mol. The van der Waals surface area contributed by atoms with Gasteiger partial charge in [-0.2, -0.15) is 9.78 Å². The van der Waals surface area contributed by atoms with Crippen LogP contribution in [0.1, 0.15) is 10.4 Å². The molecule has 0 unspecified atom stereocenters. The number of hydrogen-bond donors (Lipinski definition) is 0. The summed E-state index contributed by atoms with van der Waals surface area (Å²) < 4.78 is 65.3. The third-order valence-electron chi connectivity index (χ3n) is 2.05. The van der Waals surface area contributed by atoms with Crippen LogP contribution < -0.4 is 0 Å². The van der Waals surface area contributed by atoms with Crippen LogP contribution >= 0.6 is 0 Å². The molecule has 0 fully saturated rings. The summed E-state index contributed by atoms with van der Waals surface area (Å²) in [5.74, 6) is -12.7. The van der Waals surface area contributed by atoms with Crippen LogP contribution in [0.2, 0.25) is 0 Å². The van der Waals surface area contributed by atoms with Gasteiger partial charge >= 0.3 is 0 Å². The Balaban J connectivity index is 2.69. The molecular weight excluding hydrogens is 261 g/mol. The molecule has 0 N–H and O–H groups in total. The number of halogens is 5. The van der Waals surface area contributed by atoms with Gasteiger partial charge in [0.15, 0.2) is 23.3 Å². The fourth-order valence-corrected chi connectivity index (χ4v) is 1.22. The Morgan fingerprint density at radius 1 is 0.944 bits per heavy atom. The van der Waals surface area contributed by atoms with E-state index >= 15 is 0 Å². The number of nitrogens with zero attached hydrogens (tertiary/aromatic N) is 3. The number of benzene rings is 1. The van der Waals surface area contributed by atoms with E-state index < -0.39 is 40.6 Å². The number of carbonyl (C=O) groups excluding carboxylic acids is 1. The highest BCUT2D eigenvalue weighted by Gasteiger charge is 2.30. The molecule has 0 atom stereocenters. The van der Waals surface area contributed by atoms with Crippen molar-refractivity contribution in [3.05, 3.63) is 47.3 Å². The molecule has 1 heterocycles. The van der Waals surface area contributed by atoms with Crippen LogP contribution in [-0.2, 0) is 0 Å². The average molecular weight is 263 g/mol. The molecule has 1 aromatic carbocycles. The van der Waals surface area contributed by atoms with E-state index in [2.05, 4.69) is 10.1 Å². The molecule has 18 heavy (non-hydrogen) atoms. The van der Waals surface area contributed by atoms with Crippen LogP contribution in [0.3, 0.4) is 0 Å². The molecule has 0 saturated heterocycles. The Bertz CT molecular complexity index is 597. The quantitative estimate of drug-likeness (QED) is 0.446. The highest BCUT2D eigenvalue weighted by molar-refractivity contribution is 5.95. The normalized spacial score (nSPS) is 10.7. The van der Waals surface area contributed by atoms with Gasteiger partial charge in [-0.15, -0.1) is 0 Å². The van der Waals surface area contributed by atoms with E-state index in [0.717, 1.165) is 12.7 Å². The number of carbonyl (C=O) groups is 1. The molecular formula is C9H2F5N3O. The largest absolute Gasteiger partial charge is 0.285 e. The first-order chi connectivity index (χ1) is 8.45. The summed E-state index contributed by atoms with van der Waals surface area (Å²) in [6, 6.07) is 0. The lowest BCUT2D eigenvalue weighted by Crippen LogP contribution is -2.19. The maximum Gasteiger partial charge on any atom is 0.285 e. The summed E-state index contributed by atoms with van der Waals surface area (Å²) >= 11 is 0. The Morgan fingerprint density at radius 2 is 1.44 bits per heavy atom. The molecule has 9 heteroatoms. The molecule has 2 aromatic rings. The summed E-state index contributed by atoms with van der Waals surface area (Å²) in [4.78, 5) is 14.8. The van der Waals surface area contributed by atoms with Crippen LogP contribution in [0.15, 0.2) is 12.7 Å². The molecule has 0 amide bonds. The van der Waals surface area contributed by atoms with Gasteiger partial charge in [0.05, 0.1) is 0 Å². The highest BCUT2D eigenvalue weighted by atomic mass is 19.2. The molecule has 0 aliphatic rings. The molecule has 0 aliphatic carbocycles. The molecule has 0 aliphatic heterocycles. The van der Waals surface area contributed by atoms with Crippen molar-refractivity contribution >= 4 is 5.91 Å². The summed E-state index contributed by atoms with van der Waals surface area (Å²) in [6.45, 7) is 0. The second-order valence-corrected chi connectivity index (χ2v) is 3.09. The number of aromatic nitrogens is 3. The molecule has 4 nitrogen and oxygen atoms in total. The lowest BCUT2D eigenvalue weighted by molar-refractivity contribution is 0.0933. The summed E-state index contributed by atoms with van der Waals surface area (Å²) in [7, 11) is 0. The summed E-state index contributed by atoms with van der Waals surface area (Å²) in [5.41, 5.74) is -1.59. The van der Waals surface area contributed by atoms with Crippen molar-refractivity contribution in [2.75, 3.05) is 0 Å². The van der Waals surface area contributed by atoms with Crippen molar-refractivity contribution in [3.63, 3.8) is 0 Å². The Labute approximate surface area is 95.7 Å². The van der Waals surface area contributed by atoms with Gasteiger partial charge in [-0.1, -0.05) is 0 Å². The van der Waals surface area contributed by atoms with E-state index in [1.54, 1.807) is 0 Å². The van der Waals surface area contributed by atoms with Crippen LogP contribution in [0.25, 0.3) is 0 Å². The minimum atomic E-state index is -2.33. The second kappa shape index (κ2) is 4.17. The predicted octanol–water partition coefficient (Wildman–Crippen LogP) is 1.66. The maximum atomic E-state index is 13.2. The molecule has 94 valence electrons. The molecule has 0 saturated carbocycles. The van der Waals surface area contributed by atoms with Crippen molar-refractivity contribution in [3.8, 4) is 0 Å². The van der Waals surface area contributed by atoms with Crippen LogP contribution in [-0.4, -0.2) is 20.7 Å². The Hall–Kier alpha value is -2.32. The van der Waals surface area contributed by atoms with E-state index in [4.69, 9.17) is 0 Å². The minimum Gasteiger partial charge on any atom is -0.266 e. The van der Waals surface area contributed by atoms with Gasteiger partial charge < -0.3 is 0 Å². The average Bonchev–Trinajstić information content (AvgIpc) is 2.88. The fraction of sp³-hybridized carbons (Fsp3) is 0. The van der Waals surface area contributed by atoms with Crippen molar-refractivity contribution in [2.24, 2.45) is 0 Å². The second-order valence-electron chi connectivity index (χ2n) is 3.09. The minimum absolute atomic E-state index is 0.346. The third-order valence-corrected chi connectivity index (χ3v) is 2.05. The Kier molecular flexibility index (Phi) is 2.81. The zero-order valence-electron chi connectivity index (χ0n) is 8.29. The van der Waals surface area contributed by atoms with Gasteiger partial charge in [0.2, 0.25) is 5.82 Å². The first kappa shape index (κ1) is 12.1. The number of rotatable bonds is 1. The van der Waals surface area contributed by atoms with Crippen LogP contribution in [0.5, 0.6) is 0 Å². The van der Waals surface area contributed by atoms with Crippen LogP contribution in [0.4, 0.5) is 22.0 Å².